The summed E-state index contributed by atoms with van der Waals surface area (Å²) in [4.78, 5) is 11.5. The lowest BCUT2D eigenvalue weighted by Crippen LogP contribution is -2.46. The minimum Gasteiger partial charge on any atom is -0.516 e. The van der Waals surface area contributed by atoms with Gasteiger partial charge in [0, 0.05) is 5.57 Å². The van der Waals surface area contributed by atoms with Crippen LogP contribution in [0.5, 0.6) is 0 Å². The van der Waals surface area contributed by atoms with Crippen molar-refractivity contribution in [1.82, 2.24) is 0 Å². The van der Waals surface area contributed by atoms with Gasteiger partial charge < -0.3 is 4.43 Å². The quantitative estimate of drug-likeness (QED) is 0.541. The van der Waals surface area contributed by atoms with Gasteiger partial charge in [0.25, 0.3) is 8.32 Å². The van der Waals surface area contributed by atoms with Crippen LogP contribution in [0, 0.1) is 5.92 Å². The molecule has 0 saturated heterocycles. The van der Waals surface area contributed by atoms with Gasteiger partial charge in [0.1, 0.15) is 0 Å². The summed E-state index contributed by atoms with van der Waals surface area (Å²) in [6.07, 6.45) is 0. The van der Waals surface area contributed by atoms with Crippen LogP contribution in [0.15, 0.2) is 12.2 Å². The molecule has 0 aromatic carbocycles. The van der Waals surface area contributed by atoms with E-state index in [0.29, 0.717) is 11.5 Å². The summed E-state index contributed by atoms with van der Waals surface area (Å²) in [5.41, 5.74) is 0.482. The minimum absolute atomic E-state index is 0.0676. The van der Waals surface area contributed by atoms with Crippen molar-refractivity contribution < 1.29 is 9.22 Å². The molecule has 0 aliphatic heterocycles. The van der Waals surface area contributed by atoms with Crippen LogP contribution in [0.3, 0.4) is 0 Å². The minimum atomic E-state index is -2.03. The van der Waals surface area contributed by atoms with Crippen molar-refractivity contribution >= 4 is 14.3 Å². The van der Waals surface area contributed by atoms with Crippen LogP contribution in [0.25, 0.3) is 0 Å². The van der Waals surface area contributed by atoms with E-state index in [9.17, 15) is 4.79 Å². The fourth-order valence-electron chi connectivity index (χ4n) is 1.15. The number of carbonyl (C=O) groups is 1. The monoisotopic (exact) mass is 228 g/mol. The Bertz CT molecular complexity index is 265. The van der Waals surface area contributed by atoms with Crippen LogP contribution in [0.2, 0.25) is 18.1 Å². The van der Waals surface area contributed by atoms with Crippen molar-refractivity contribution in [3.63, 3.8) is 0 Å². The van der Waals surface area contributed by atoms with Crippen LogP contribution in [-0.4, -0.2) is 14.3 Å². The molecule has 0 bridgehead atoms. The molecule has 0 amide bonds. The average molecular weight is 228 g/mol. The van der Waals surface area contributed by atoms with E-state index in [-0.39, 0.29) is 11.0 Å². The van der Waals surface area contributed by atoms with Crippen molar-refractivity contribution in [3.05, 3.63) is 12.2 Å². The van der Waals surface area contributed by atoms with Gasteiger partial charge in [-0.1, -0.05) is 34.3 Å². The molecule has 0 aromatic rings. The molecule has 0 saturated carbocycles. The van der Waals surface area contributed by atoms with E-state index in [1.165, 1.54) is 0 Å². The Morgan fingerprint density at radius 3 is 2.00 bits per heavy atom. The highest BCUT2D eigenvalue weighted by atomic mass is 28.4. The van der Waals surface area contributed by atoms with Crippen LogP contribution >= 0.6 is 0 Å². The van der Waals surface area contributed by atoms with Crippen LogP contribution in [0.4, 0.5) is 0 Å². The van der Waals surface area contributed by atoms with E-state index < -0.39 is 8.32 Å². The predicted octanol–water partition coefficient (Wildman–Crippen LogP) is 3.75. The number of hydrogen-bond donors (Lipinski definition) is 0. The summed E-state index contributed by atoms with van der Waals surface area (Å²) in [6, 6.07) is 0. The van der Waals surface area contributed by atoms with E-state index in [1.807, 2.05) is 0 Å². The lowest BCUT2D eigenvalue weighted by Gasteiger charge is -2.41. The molecule has 3 heteroatoms. The van der Waals surface area contributed by atoms with Crippen molar-refractivity contribution in [3.8, 4) is 0 Å². The maximum Gasteiger partial charge on any atom is 0.319 e. The van der Waals surface area contributed by atoms with E-state index in [4.69, 9.17) is 4.43 Å². The Balaban J connectivity index is 4.83. The lowest BCUT2D eigenvalue weighted by molar-refractivity contribution is -0.131. The zero-order chi connectivity index (χ0) is 12.4. The number of hydrogen-bond acceptors (Lipinski definition) is 2. The van der Waals surface area contributed by atoms with Gasteiger partial charge in [-0.3, -0.25) is 0 Å². The Morgan fingerprint density at radius 2 is 1.73 bits per heavy atom. The molecule has 2 nitrogen and oxygen atoms in total. The first-order valence-corrected chi connectivity index (χ1v) is 8.32. The third-order valence-electron chi connectivity index (χ3n) is 3.69. The summed E-state index contributed by atoms with van der Waals surface area (Å²) in [5, 5.41) is 0.0676. The van der Waals surface area contributed by atoms with Gasteiger partial charge in [0.2, 0.25) is 0 Å². The standard InChI is InChI=1S/C12H24O2Si/c1-9(2)11(13)14-15(7,8)12(5,6)10(3)4/h10H,1H2,2-8H3. The highest BCUT2D eigenvalue weighted by Gasteiger charge is 2.45. The summed E-state index contributed by atoms with van der Waals surface area (Å²) in [6.45, 7) is 18.2. The second-order valence-electron chi connectivity index (χ2n) is 5.56. The first-order chi connectivity index (χ1) is 6.52. The van der Waals surface area contributed by atoms with Gasteiger partial charge in [0.05, 0.1) is 0 Å². The van der Waals surface area contributed by atoms with Crippen molar-refractivity contribution in [2.75, 3.05) is 0 Å². The maximum absolute atomic E-state index is 11.5. The highest BCUT2D eigenvalue weighted by molar-refractivity contribution is 6.75. The van der Waals surface area contributed by atoms with Gasteiger partial charge in [-0.25, -0.2) is 4.79 Å². The molecule has 0 unspecified atom stereocenters. The zero-order valence-corrected chi connectivity index (χ0v) is 12.1. The Labute approximate surface area is 94.8 Å². The summed E-state index contributed by atoms with van der Waals surface area (Å²) >= 11 is 0. The number of rotatable bonds is 4. The van der Waals surface area contributed by atoms with Crippen molar-refractivity contribution in [2.45, 2.75) is 52.8 Å². The molecule has 0 atom stereocenters. The van der Waals surface area contributed by atoms with E-state index in [2.05, 4.69) is 47.4 Å². The molecular weight excluding hydrogens is 204 g/mol. The first kappa shape index (κ1) is 14.4. The second-order valence-corrected chi connectivity index (χ2v) is 10.1. The van der Waals surface area contributed by atoms with Gasteiger partial charge in [0.15, 0.2) is 0 Å². The van der Waals surface area contributed by atoms with E-state index in [1.54, 1.807) is 6.92 Å². The molecule has 0 N–H and O–H groups in total. The molecular formula is C12H24O2Si. The maximum atomic E-state index is 11.5. The molecule has 0 heterocycles. The SMILES string of the molecule is C=C(C)C(=O)O[Si](C)(C)C(C)(C)C(C)C. The summed E-state index contributed by atoms with van der Waals surface area (Å²) in [7, 11) is -2.03. The van der Waals surface area contributed by atoms with Crippen LogP contribution in [-0.2, 0) is 9.22 Å². The number of carbonyl (C=O) groups excluding carboxylic acids is 1. The van der Waals surface area contributed by atoms with Gasteiger partial charge in [-0.2, -0.15) is 0 Å². The largest absolute Gasteiger partial charge is 0.516 e. The Hall–Kier alpha value is -0.573. The molecule has 0 aliphatic rings. The van der Waals surface area contributed by atoms with Crippen molar-refractivity contribution in [2.24, 2.45) is 5.92 Å². The van der Waals surface area contributed by atoms with E-state index in [0.717, 1.165) is 0 Å². The van der Waals surface area contributed by atoms with Gasteiger partial charge in [-0.15, -0.1) is 0 Å². The predicted molar refractivity (Wildman–Crippen MR) is 67.3 cm³/mol. The zero-order valence-electron chi connectivity index (χ0n) is 11.1. The molecule has 0 radical (unpaired) electrons. The van der Waals surface area contributed by atoms with Gasteiger partial charge >= 0.3 is 5.97 Å². The molecule has 0 aliphatic carbocycles. The molecule has 15 heavy (non-hydrogen) atoms. The smallest absolute Gasteiger partial charge is 0.319 e. The molecule has 0 rings (SSSR count). The van der Waals surface area contributed by atoms with Crippen LogP contribution < -0.4 is 0 Å². The first-order valence-electron chi connectivity index (χ1n) is 5.41. The van der Waals surface area contributed by atoms with Crippen molar-refractivity contribution in [1.29, 1.82) is 0 Å². The van der Waals surface area contributed by atoms with Crippen LogP contribution in [0.1, 0.15) is 34.6 Å². The third kappa shape index (κ3) is 3.19. The second kappa shape index (κ2) is 4.52. The topological polar surface area (TPSA) is 26.3 Å². The third-order valence-corrected chi connectivity index (χ3v) is 8.07. The fourth-order valence-corrected chi connectivity index (χ4v) is 3.44. The Kier molecular flexibility index (Phi) is 4.34. The highest BCUT2D eigenvalue weighted by Crippen LogP contribution is 2.44. The molecule has 0 fully saturated rings. The lowest BCUT2D eigenvalue weighted by atomic mass is 9.99. The summed E-state index contributed by atoms with van der Waals surface area (Å²) in [5.74, 6) is 0.248. The Morgan fingerprint density at radius 1 is 1.33 bits per heavy atom. The average Bonchev–Trinajstić information content (AvgIpc) is 2.02. The van der Waals surface area contributed by atoms with E-state index >= 15 is 0 Å². The molecule has 0 aromatic heterocycles. The fraction of sp³-hybridized carbons (Fsp3) is 0.750. The van der Waals surface area contributed by atoms with Gasteiger partial charge in [-0.05, 0) is 31.0 Å². The molecule has 88 valence electrons. The summed E-state index contributed by atoms with van der Waals surface area (Å²) < 4.78 is 5.63. The normalized spacial score (nSPS) is 12.8. The molecule has 0 spiro atoms.